The molecule has 0 saturated carbocycles. The number of anilines is 1. The molecule has 118 valence electrons. The molecular weight excluding hydrogens is 290 g/mol. The zero-order chi connectivity index (χ0) is 16.1. The summed E-state index contributed by atoms with van der Waals surface area (Å²) in [4.78, 5) is 12.0. The summed E-state index contributed by atoms with van der Waals surface area (Å²) in [5.74, 6) is 1.15. The Morgan fingerprint density at radius 2 is 2.22 bits per heavy atom. The third-order valence-electron chi connectivity index (χ3n) is 3.53. The summed E-state index contributed by atoms with van der Waals surface area (Å²) < 4.78 is 7.45. The van der Waals surface area contributed by atoms with Crippen molar-refractivity contribution in [3.8, 4) is 0 Å². The number of nitrogens with one attached hydrogen (secondary N) is 1. The lowest BCUT2D eigenvalue weighted by Gasteiger charge is -2.06. The second-order valence-corrected chi connectivity index (χ2v) is 5.30. The summed E-state index contributed by atoms with van der Waals surface area (Å²) in [6, 6.07) is 11.5. The summed E-state index contributed by atoms with van der Waals surface area (Å²) in [6.07, 6.45) is 6.93. The van der Waals surface area contributed by atoms with Gasteiger partial charge in [0.2, 0.25) is 5.91 Å². The van der Waals surface area contributed by atoms with Crippen LogP contribution in [0.1, 0.15) is 25.5 Å². The van der Waals surface area contributed by atoms with Crippen molar-refractivity contribution in [2.24, 2.45) is 0 Å². The van der Waals surface area contributed by atoms with Crippen LogP contribution >= 0.6 is 0 Å². The fourth-order valence-corrected chi connectivity index (χ4v) is 2.34. The minimum absolute atomic E-state index is 0.205. The van der Waals surface area contributed by atoms with Crippen molar-refractivity contribution in [3.05, 3.63) is 54.4 Å². The third-order valence-corrected chi connectivity index (χ3v) is 3.53. The van der Waals surface area contributed by atoms with Crippen LogP contribution in [0.5, 0.6) is 0 Å². The second-order valence-electron chi connectivity index (χ2n) is 5.30. The molecule has 1 amide bonds. The maximum absolute atomic E-state index is 12.0. The molecule has 3 rings (SSSR count). The first-order chi connectivity index (χ1) is 11.3. The average Bonchev–Trinajstić information content (AvgIpc) is 3.17. The van der Waals surface area contributed by atoms with Gasteiger partial charge in [0.1, 0.15) is 17.2 Å². The number of amides is 1. The zero-order valence-corrected chi connectivity index (χ0v) is 13.0. The van der Waals surface area contributed by atoms with Crippen LogP contribution in [0.2, 0.25) is 0 Å². The molecule has 0 unspecified atom stereocenters. The predicted molar refractivity (Wildman–Crippen MR) is 91.0 cm³/mol. The fraction of sp³-hybridized carbons (Fsp3) is 0.222. The van der Waals surface area contributed by atoms with Crippen molar-refractivity contribution < 1.29 is 9.21 Å². The molecule has 5 heteroatoms. The van der Waals surface area contributed by atoms with E-state index in [4.69, 9.17) is 4.42 Å². The molecule has 0 spiro atoms. The predicted octanol–water partition coefficient (Wildman–Crippen LogP) is 4.08. The van der Waals surface area contributed by atoms with Crippen molar-refractivity contribution in [3.63, 3.8) is 0 Å². The van der Waals surface area contributed by atoms with Crippen LogP contribution in [0.4, 0.5) is 5.82 Å². The molecule has 0 atom stereocenters. The highest BCUT2D eigenvalue weighted by Crippen LogP contribution is 2.19. The van der Waals surface area contributed by atoms with Gasteiger partial charge < -0.3 is 9.73 Å². The minimum atomic E-state index is -0.205. The quantitative estimate of drug-likeness (QED) is 0.698. The lowest BCUT2D eigenvalue weighted by atomic mass is 10.2. The maximum Gasteiger partial charge on any atom is 0.249 e. The van der Waals surface area contributed by atoms with Gasteiger partial charge in [0.25, 0.3) is 0 Å². The van der Waals surface area contributed by atoms with Crippen LogP contribution in [0, 0.1) is 0 Å². The minimum Gasteiger partial charge on any atom is -0.457 e. The molecule has 0 fully saturated rings. The molecule has 0 aliphatic heterocycles. The number of benzene rings is 1. The summed E-state index contributed by atoms with van der Waals surface area (Å²) in [6.45, 7) is 2.92. The van der Waals surface area contributed by atoms with E-state index < -0.39 is 0 Å². The zero-order valence-electron chi connectivity index (χ0n) is 13.0. The molecule has 3 aromatic rings. The highest BCUT2D eigenvalue weighted by molar-refractivity contribution is 6.01. The van der Waals surface area contributed by atoms with Crippen LogP contribution in [0.15, 0.2) is 53.1 Å². The monoisotopic (exact) mass is 309 g/mol. The van der Waals surface area contributed by atoms with E-state index in [1.807, 2.05) is 30.3 Å². The van der Waals surface area contributed by atoms with Crippen molar-refractivity contribution in [2.75, 3.05) is 5.32 Å². The van der Waals surface area contributed by atoms with Gasteiger partial charge in [-0.05, 0) is 24.6 Å². The Hall–Kier alpha value is -2.82. The van der Waals surface area contributed by atoms with Gasteiger partial charge in [-0.1, -0.05) is 31.5 Å². The van der Waals surface area contributed by atoms with Crippen LogP contribution < -0.4 is 5.32 Å². The number of nitrogens with zero attached hydrogens (tertiary/aromatic N) is 2. The van der Waals surface area contributed by atoms with Crippen molar-refractivity contribution in [1.29, 1.82) is 0 Å². The average molecular weight is 309 g/mol. The number of carbonyl (C=O) groups excluding carboxylic acids is 1. The standard InChI is InChI=1S/C18H19N3O2/c1-2-3-12-21-17(10-11-19-21)20-18(22)9-8-15-13-14-6-4-5-7-16(14)23-15/h4-11,13H,2-3,12H2,1H3,(H,20,22)/b9-8+. The molecule has 5 nitrogen and oxygen atoms in total. The Kier molecular flexibility index (Phi) is 4.57. The fourth-order valence-electron chi connectivity index (χ4n) is 2.34. The number of para-hydroxylation sites is 1. The van der Waals surface area contributed by atoms with Crippen LogP contribution in [-0.4, -0.2) is 15.7 Å². The van der Waals surface area contributed by atoms with Gasteiger partial charge in [0.05, 0.1) is 6.20 Å². The van der Waals surface area contributed by atoms with Gasteiger partial charge in [-0.3, -0.25) is 4.79 Å². The van der Waals surface area contributed by atoms with Crippen molar-refractivity contribution in [2.45, 2.75) is 26.3 Å². The van der Waals surface area contributed by atoms with E-state index >= 15 is 0 Å². The van der Waals surface area contributed by atoms with E-state index in [2.05, 4.69) is 17.3 Å². The van der Waals surface area contributed by atoms with Crippen molar-refractivity contribution in [1.82, 2.24) is 9.78 Å². The second kappa shape index (κ2) is 6.96. The van der Waals surface area contributed by atoms with E-state index in [1.54, 1.807) is 23.0 Å². The Morgan fingerprint density at radius 3 is 3.04 bits per heavy atom. The summed E-state index contributed by atoms with van der Waals surface area (Å²) >= 11 is 0. The maximum atomic E-state index is 12.0. The van der Waals surface area contributed by atoms with Gasteiger partial charge in [-0.2, -0.15) is 5.10 Å². The van der Waals surface area contributed by atoms with E-state index in [0.29, 0.717) is 11.6 Å². The molecule has 0 radical (unpaired) electrons. The molecule has 0 bridgehead atoms. The molecular formula is C18H19N3O2. The number of rotatable bonds is 6. The molecule has 0 aliphatic rings. The third kappa shape index (κ3) is 3.69. The number of hydrogen-bond donors (Lipinski definition) is 1. The normalized spacial score (nSPS) is 11.3. The van der Waals surface area contributed by atoms with E-state index in [-0.39, 0.29) is 5.91 Å². The number of furan rings is 1. The van der Waals surface area contributed by atoms with Gasteiger partial charge in [-0.25, -0.2) is 4.68 Å². The molecule has 23 heavy (non-hydrogen) atoms. The topological polar surface area (TPSA) is 60.1 Å². The van der Waals surface area contributed by atoms with Crippen LogP contribution in [0.3, 0.4) is 0 Å². The Bertz CT molecular complexity index is 797. The SMILES string of the molecule is CCCCn1nccc1NC(=O)/C=C/c1cc2ccccc2o1. The Labute approximate surface area is 134 Å². The van der Waals surface area contributed by atoms with Crippen LogP contribution in [-0.2, 0) is 11.3 Å². The number of fused-ring (bicyclic) bond motifs is 1. The molecule has 0 aliphatic carbocycles. The number of carbonyl (C=O) groups is 1. The van der Waals surface area contributed by atoms with Gasteiger partial charge in [-0.15, -0.1) is 0 Å². The summed E-state index contributed by atoms with van der Waals surface area (Å²) in [5, 5.41) is 8.07. The van der Waals surface area contributed by atoms with Gasteiger partial charge in [0.15, 0.2) is 0 Å². The van der Waals surface area contributed by atoms with E-state index in [9.17, 15) is 4.79 Å². The molecule has 1 aromatic carbocycles. The first-order valence-electron chi connectivity index (χ1n) is 7.75. The lowest BCUT2D eigenvalue weighted by molar-refractivity contribution is -0.111. The van der Waals surface area contributed by atoms with E-state index in [0.717, 1.165) is 30.4 Å². The first kappa shape index (κ1) is 15.1. The number of aryl methyl sites for hydroxylation is 1. The molecule has 2 aromatic heterocycles. The largest absolute Gasteiger partial charge is 0.457 e. The van der Waals surface area contributed by atoms with Gasteiger partial charge >= 0.3 is 0 Å². The molecule has 2 heterocycles. The highest BCUT2D eigenvalue weighted by atomic mass is 16.3. The Morgan fingerprint density at radius 1 is 1.35 bits per heavy atom. The molecule has 0 saturated heterocycles. The summed E-state index contributed by atoms with van der Waals surface area (Å²) in [7, 11) is 0. The van der Waals surface area contributed by atoms with E-state index in [1.165, 1.54) is 6.08 Å². The van der Waals surface area contributed by atoms with Gasteiger partial charge in [0, 0.05) is 24.1 Å². The Balaban J connectivity index is 1.66. The number of aromatic nitrogens is 2. The number of unbranched alkanes of at least 4 members (excludes halogenated alkanes) is 1. The number of hydrogen-bond acceptors (Lipinski definition) is 3. The lowest BCUT2D eigenvalue weighted by Crippen LogP contribution is -2.13. The summed E-state index contributed by atoms with van der Waals surface area (Å²) in [5.41, 5.74) is 0.810. The molecule has 1 N–H and O–H groups in total. The van der Waals surface area contributed by atoms with Crippen molar-refractivity contribution >= 4 is 28.8 Å². The first-order valence-corrected chi connectivity index (χ1v) is 7.75. The smallest absolute Gasteiger partial charge is 0.249 e. The van der Waals surface area contributed by atoms with Crippen LogP contribution in [0.25, 0.3) is 17.0 Å². The highest BCUT2D eigenvalue weighted by Gasteiger charge is 2.05.